The average Bonchev–Trinajstić information content (AvgIpc) is 3.06. The van der Waals surface area contributed by atoms with E-state index in [9.17, 15) is 4.79 Å². The Bertz CT molecular complexity index is 910. The van der Waals surface area contributed by atoms with Gasteiger partial charge in [0, 0.05) is 16.6 Å². The van der Waals surface area contributed by atoms with E-state index in [1.165, 1.54) is 5.56 Å². The molecule has 1 N–H and O–H groups in total. The highest BCUT2D eigenvalue weighted by Crippen LogP contribution is 2.26. The number of hydrogen-bond donors (Lipinski definition) is 1. The van der Waals surface area contributed by atoms with Crippen molar-refractivity contribution in [1.29, 1.82) is 0 Å². The molecule has 0 radical (unpaired) electrons. The summed E-state index contributed by atoms with van der Waals surface area (Å²) in [4.78, 5) is 17.0. The van der Waals surface area contributed by atoms with Gasteiger partial charge >= 0.3 is 0 Å². The van der Waals surface area contributed by atoms with Gasteiger partial charge < -0.3 is 5.32 Å². The zero-order valence-corrected chi connectivity index (χ0v) is 16.5. The lowest BCUT2D eigenvalue weighted by Gasteiger charge is -2.08. The number of anilines is 1. The van der Waals surface area contributed by atoms with Crippen molar-refractivity contribution in [3.8, 4) is 10.6 Å². The van der Waals surface area contributed by atoms with Crippen LogP contribution in [0, 0.1) is 13.8 Å². The van der Waals surface area contributed by atoms with Crippen molar-refractivity contribution in [1.82, 2.24) is 4.98 Å². The molecule has 0 saturated carbocycles. The summed E-state index contributed by atoms with van der Waals surface area (Å²) in [5, 5.41) is 5.91. The quantitative estimate of drug-likeness (QED) is 0.628. The summed E-state index contributed by atoms with van der Waals surface area (Å²) in [5.74, 6) is 0.482. The van der Waals surface area contributed by atoms with Crippen molar-refractivity contribution >= 4 is 22.9 Å². The van der Waals surface area contributed by atoms with Gasteiger partial charge in [-0.15, -0.1) is 11.3 Å². The highest BCUT2D eigenvalue weighted by atomic mass is 32.1. The molecular weight excluding hydrogens is 340 g/mol. The van der Waals surface area contributed by atoms with Crippen molar-refractivity contribution in [3.63, 3.8) is 0 Å². The predicted molar refractivity (Wildman–Crippen MR) is 110 cm³/mol. The predicted octanol–water partition coefficient (Wildman–Crippen LogP) is 5.73. The molecule has 1 heterocycles. The molecule has 134 valence electrons. The summed E-state index contributed by atoms with van der Waals surface area (Å²) < 4.78 is 0. The highest BCUT2D eigenvalue weighted by Gasteiger charge is 2.11. The molecule has 1 aromatic heterocycles. The molecule has 0 unspecified atom stereocenters. The molecule has 0 fully saturated rings. The fourth-order valence-electron chi connectivity index (χ4n) is 2.76. The maximum Gasteiger partial charge on any atom is 0.230 e. The topological polar surface area (TPSA) is 42.0 Å². The van der Waals surface area contributed by atoms with Crippen LogP contribution >= 0.6 is 11.3 Å². The SMILES string of the molecule is Cc1ccc(C)c(NC(=O)Cc2csc(-c3ccc(C(C)C)cc3)n2)c1. The Morgan fingerprint density at radius 1 is 1.12 bits per heavy atom. The normalized spacial score (nSPS) is 11.0. The molecule has 26 heavy (non-hydrogen) atoms. The number of benzene rings is 2. The van der Waals surface area contributed by atoms with Crippen LogP contribution in [0.4, 0.5) is 5.69 Å². The van der Waals surface area contributed by atoms with Gasteiger partial charge in [-0.05, 0) is 42.5 Å². The molecule has 0 aliphatic carbocycles. The van der Waals surface area contributed by atoms with Crippen LogP contribution in [-0.4, -0.2) is 10.9 Å². The molecule has 3 aromatic rings. The fraction of sp³-hybridized carbons (Fsp3) is 0.273. The minimum absolute atomic E-state index is 0.0364. The van der Waals surface area contributed by atoms with E-state index in [0.29, 0.717) is 5.92 Å². The Kier molecular flexibility index (Phi) is 5.52. The number of nitrogens with one attached hydrogen (secondary N) is 1. The lowest BCUT2D eigenvalue weighted by Crippen LogP contribution is -2.15. The van der Waals surface area contributed by atoms with E-state index in [-0.39, 0.29) is 12.3 Å². The third kappa shape index (κ3) is 4.38. The van der Waals surface area contributed by atoms with Crippen molar-refractivity contribution < 1.29 is 4.79 Å². The largest absolute Gasteiger partial charge is 0.325 e. The zero-order chi connectivity index (χ0) is 18.7. The van der Waals surface area contributed by atoms with E-state index in [0.717, 1.165) is 33.1 Å². The second-order valence-electron chi connectivity index (χ2n) is 6.96. The highest BCUT2D eigenvalue weighted by molar-refractivity contribution is 7.13. The molecule has 0 atom stereocenters. The van der Waals surface area contributed by atoms with Crippen LogP contribution < -0.4 is 5.32 Å². The molecule has 0 spiro atoms. The second-order valence-corrected chi connectivity index (χ2v) is 7.82. The van der Waals surface area contributed by atoms with Crippen LogP contribution in [0.15, 0.2) is 47.8 Å². The summed E-state index contributed by atoms with van der Waals surface area (Å²) >= 11 is 1.58. The van der Waals surface area contributed by atoms with Gasteiger partial charge in [0.05, 0.1) is 12.1 Å². The van der Waals surface area contributed by atoms with E-state index >= 15 is 0 Å². The molecule has 2 aromatic carbocycles. The van der Waals surface area contributed by atoms with Crippen LogP contribution in [0.3, 0.4) is 0 Å². The standard InChI is InChI=1S/C22H24N2OS/c1-14(2)17-7-9-18(10-8-17)22-23-19(13-26-22)12-21(25)24-20-11-15(3)5-6-16(20)4/h5-11,13-14H,12H2,1-4H3,(H,24,25). The van der Waals surface area contributed by atoms with Gasteiger partial charge in [-0.1, -0.05) is 50.2 Å². The number of nitrogens with zero attached hydrogens (tertiary/aromatic N) is 1. The van der Waals surface area contributed by atoms with Crippen molar-refractivity contribution in [2.24, 2.45) is 0 Å². The number of rotatable bonds is 5. The lowest BCUT2D eigenvalue weighted by atomic mass is 10.0. The van der Waals surface area contributed by atoms with Crippen LogP contribution in [0.2, 0.25) is 0 Å². The number of aromatic nitrogens is 1. The number of carbonyl (C=O) groups is 1. The van der Waals surface area contributed by atoms with Gasteiger partial charge in [-0.3, -0.25) is 4.79 Å². The van der Waals surface area contributed by atoms with Crippen LogP contribution in [-0.2, 0) is 11.2 Å². The molecule has 0 saturated heterocycles. The average molecular weight is 365 g/mol. The maximum absolute atomic E-state index is 12.4. The number of thiazole rings is 1. The van der Waals surface area contributed by atoms with Crippen molar-refractivity contribution in [2.45, 2.75) is 40.0 Å². The first-order valence-electron chi connectivity index (χ1n) is 8.84. The zero-order valence-electron chi connectivity index (χ0n) is 15.7. The fourth-order valence-corrected chi connectivity index (χ4v) is 3.59. The van der Waals surface area contributed by atoms with Gasteiger partial charge in [0.2, 0.25) is 5.91 Å². The van der Waals surface area contributed by atoms with Gasteiger partial charge in [0.15, 0.2) is 0 Å². The maximum atomic E-state index is 12.4. The van der Waals surface area contributed by atoms with Gasteiger partial charge in [-0.25, -0.2) is 4.98 Å². The van der Waals surface area contributed by atoms with Crippen LogP contribution in [0.1, 0.15) is 42.1 Å². The molecule has 3 rings (SSSR count). The summed E-state index contributed by atoms with van der Waals surface area (Å²) in [6, 6.07) is 14.6. The molecule has 1 amide bonds. The van der Waals surface area contributed by atoms with E-state index in [4.69, 9.17) is 0 Å². The van der Waals surface area contributed by atoms with Gasteiger partial charge in [0.25, 0.3) is 0 Å². The molecule has 3 nitrogen and oxygen atoms in total. The molecular formula is C22H24N2OS. The first-order valence-corrected chi connectivity index (χ1v) is 9.72. The van der Waals surface area contributed by atoms with Crippen molar-refractivity contribution in [2.75, 3.05) is 5.32 Å². The molecule has 4 heteroatoms. The summed E-state index contributed by atoms with van der Waals surface area (Å²) in [7, 11) is 0. The summed E-state index contributed by atoms with van der Waals surface area (Å²) in [6.07, 6.45) is 0.286. The Morgan fingerprint density at radius 3 is 2.54 bits per heavy atom. The van der Waals surface area contributed by atoms with E-state index < -0.39 is 0 Å². The second kappa shape index (κ2) is 7.83. The van der Waals surface area contributed by atoms with Crippen LogP contribution in [0.25, 0.3) is 10.6 Å². The first-order chi connectivity index (χ1) is 12.4. The third-order valence-electron chi connectivity index (χ3n) is 4.38. The Labute approximate surface area is 159 Å². The number of amides is 1. The first kappa shape index (κ1) is 18.3. The van der Waals surface area contributed by atoms with Gasteiger partial charge in [-0.2, -0.15) is 0 Å². The summed E-state index contributed by atoms with van der Waals surface area (Å²) in [5.41, 5.74) is 6.29. The molecule has 0 aliphatic rings. The Morgan fingerprint density at radius 2 is 1.85 bits per heavy atom. The number of hydrogen-bond acceptors (Lipinski definition) is 3. The minimum atomic E-state index is -0.0364. The van der Waals surface area contributed by atoms with E-state index in [1.807, 2.05) is 37.4 Å². The van der Waals surface area contributed by atoms with E-state index in [2.05, 4.69) is 48.4 Å². The summed E-state index contributed by atoms with van der Waals surface area (Å²) in [6.45, 7) is 8.39. The van der Waals surface area contributed by atoms with E-state index in [1.54, 1.807) is 11.3 Å². The molecule has 0 aliphatic heterocycles. The smallest absolute Gasteiger partial charge is 0.230 e. The monoisotopic (exact) mass is 364 g/mol. The minimum Gasteiger partial charge on any atom is -0.325 e. The molecule has 0 bridgehead atoms. The number of aryl methyl sites for hydroxylation is 2. The number of carbonyl (C=O) groups excluding carboxylic acids is 1. The third-order valence-corrected chi connectivity index (χ3v) is 5.33. The van der Waals surface area contributed by atoms with Gasteiger partial charge in [0.1, 0.15) is 5.01 Å². The Balaban J connectivity index is 1.68. The Hall–Kier alpha value is -2.46. The van der Waals surface area contributed by atoms with Crippen LogP contribution in [0.5, 0.6) is 0 Å². The van der Waals surface area contributed by atoms with Crippen molar-refractivity contribution in [3.05, 3.63) is 70.2 Å². The lowest BCUT2D eigenvalue weighted by molar-refractivity contribution is -0.115.